The van der Waals surface area contributed by atoms with Gasteiger partial charge in [0, 0.05) is 31.1 Å². The topological polar surface area (TPSA) is 94.6 Å². The SMILES string of the molecule is COCCNc1nc(C)cc(C(=O)Nc2ccc3c(c2)OCCO3)n1. The highest BCUT2D eigenvalue weighted by atomic mass is 16.6. The largest absolute Gasteiger partial charge is 0.486 e. The minimum Gasteiger partial charge on any atom is -0.486 e. The maximum atomic E-state index is 12.5. The van der Waals surface area contributed by atoms with Gasteiger partial charge in [0.25, 0.3) is 5.91 Å². The maximum Gasteiger partial charge on any atom is 0.274 e. The molecule has 1 aliphatic heterocycles. The molecule has 0 fully saturated rings. The first-order valence-electron chi connectivity index (χ1n) is 7.95. The number of aromatic nitrogens is 2. The summed E-state index contributed by atoms with van der Waals surface area (Å²) in [7, 11) is 1.62. The number of carbonyl (C=O) groups excluding carboxylic acids is 1. The Kier molecular flexibility index (Phi) is 5.30. The van der Waals surface area contributed by atoms with Crippen LogP contribution < -0.4 is 20.1 Å². The number of rotatable bonds is 6. The number of carbonyl (C=O) groups is 1. The van der Waals surface area contributed by atoms with Crippen LogP contribution in [0.5, 0.6) is 11.5 Å². The maximum absolute atomic E-state index is 12.5. The normalized spacial score (nSPS) is 12.6. The highest BCUT2D eigenvalue weighted by molar-refractivity contribution is 6.03. The lowest BCUT2D eigenvalue weighted by Crippen LogP contribution is -2.18. The second kappa shape index (κ2) is 7.80. The summed E-state index contributed by atoms with van der Waals surface area (Å²) in [5, 5.41) is 5.84. The third-order valence-corrected chi connectivity index (χ3v) is 3.48. The molecule has 2 N–H and O–H groups in total. The van der Waals surface area contributed by atoms with Gasteiger partial charge in [-0.2, -0.15) is 0 Å². The monoisotopic (exact) mass is 344 g/mol. The van der Waals surface area contributed by atoms with Gasteiger partial charge >= 0.3 is 0 Å². The van der Waals surface area contributed by atoms with Crippen molar-refractivity contribution in [3.63, 3.8) is 0 Å². The molecule has 0 saturated heterocycles. The molecule has 0 saturated carbocycles. The molecule has 25 heavy (non-hydrogen) atoms. The van der Waals surface area contributed by atoms with Crippen LogP contribution in [0.3, 0.4) is 0 Å². The Morgan fingerprint density at radius 1 is 1.20 bits per heavy atom. The average Bonchev–Trinajstić information content (AvgIpc) is 2.61. The Bertz CT molecular complexity index is 766. The van der Waals surface area contributed by atoms with Crippen LogP contribution in [0, 0.1) is 6.92 Å². The van der Waals surface area contributed by atoms with Crippen LogP contribution in [0.25, 0.3) is 0 Å². The van der Waals surface area contributed by atoms with Crippen molar-refractivity contribution in [2.24, 2.45) is 0 Å². The number of fused-ring (bicyclic) bond motifs is 1. The molecular formula is C17H20N4O4. The summed E-state index contributed by atoms with van der Waals surface area (Å²) in [6.07, 6.45) is 0. The molecule has 1 aromatic heterocycles. The van der Waals surface area contributed by atoms with E-state index < -0.39 is 0 Å². The third kappa shape index (κ3) is 4.36. The Morgan fingerprint density at radius 3 is 2.80 bits per heavy atom. The van der Waals surface area contributed by atoms with Crippen molar-refractivity contribution in [3.8, 4) is 11.5 Å². The summed E-state index contributed by atoms with van der Waals surface area (Å²) in [6.45, 7) is 3.91. The standard InChI is InChI=1S/C17H20N4O4/c1-11-9-13(21-17(19-11)18-5-6-23-2)16(22)20-12-3-4-14-15(10-12)25-8-7-24-14/h3-4,9-10H,5-8H2,1-2H3,(H,20,22)(H,18,19,21). The zero-order valence-corrected chi connectivity index (χ0v) is 14.2. The Morgan fingerprint density at radius 2 is 2.00 bits per heavy atom. The summed E-state index contributed by atoms with van der Waals surface area (Å²) < 4.78 is 16.0. The van der Waals surface area contributed by atoms with Gasteiger partial charge in [-0.25, -0.2) is 9.97 Å². The predicted octanol–water partition coefficient (Wildman–Crippen LogP) is 1.87. The number of nitrogens with zero attached hydrogens (tertiary/aromatic N) is 2. The van der Waals surface area contributed by atoms with E-state index in [0.29, 0.717) is 55.2 Å². The Hall–Kier alpha value is -2.87. The van der Waals surface area contributed by atoms with Crippen LogP contribution in [0.15, 0.2) is 24.3 Å². The second-order valence-electron chi connectivity index (χ2n) is 5.45. The third-order valence-electron chi connectivity index (χ3n) is 3.48. The zero-order valence-electron chi connectivity index (χ0n) is 14.2. The fourth-order valence-corrected chi connectivity index (χ4v) is 2.35. The quantitative estimate of drug-likeness (QED) is 0.773. The number of hydrogen-bond acceptors (Lipinski definition) is 7. The van der Waals surface area contributed by atoms with E-state index in [1.54, 1.807) is 31.4 Å². The molecule has 0 unspecified atom stereocenters. The number of anilines is 2. The van der Waals surface area contributed by atoms with Crippen molar-refractivity contribution in [3.05, 3.63) is 35.7 Å². The number of aryl methyl sites for hydroxylation is 1. The number of methoxy groups -OCH3 is 1. The van der Waals surface area contributed by atoms with Gasteiger partial charge in [0.2, 0.25) is 5.95 Å². The van der Waals surface area contributed by atoms with Gasteiger partial charge in [0.1, 0.15) is 18.9 Å². The van der Waals surface area contributed by atoms with Gasteiger partial charge in [-0.1, -0.05) is 0 Å². The lowest BCUT2D eigenvalue weighted by atomic mass is 10.2. The predicted molar refractivity (Wildman–Crippen MR) is 92.5 cm³/mol. The minimum absolute atomic E-state index is 0.280. The van der Waals surface area contributed by atoms with Crippen LogP contribution >= 0.6 is 0 Å². The number of amides is 1. The van der Waals surface area contributed by atoms with Crippen LogP contribution in [0.4, 0.5) is 11.6 Å². The summed E-state index contributed by atoms with van der Waals surface area (Å²) >= 11 is 0. The zero-order chi connectivity index (χ0) is 17.6. The molecule has 1 aromatic carbocycles. The fourth-order valence-electron chi connectivity index (χ4n) is 2.35. The van der Waals surface area contributed by atoms with Crippen LogP contribution in [-0.4, -0.2) is 49.4 Å². The summed E-state index contributed by atoms with van der Waals surface area (Å²) in [4.78, 5) is 21.0. The number of benzene rings is 1. The van der Waals surface area contributed by atoms with Gasteiger partial charge in [0.15, 0.2) is 11.5 Å². The molecule has 132 valence electrons. The molecule has 0 atom stereocenters. The summed E-state index contributed by atoms with van der Waals surface area (Å²) in [5.74, 6) is 1.36. The van der Waals surface area contributed by atoms with E-state index in [4.69, 9.17) is 14.2 Å². The van der Waals surface area contributed by atoms with Gasteiger partial charge in [-0.15, -0.1) is 0 Å². The molecule has 2 aromatic rings. The molecule has 2 heterocycles. The second-order valence-corrected chi connectivity index (χ2v) is 5.45. The average molecular weight is 344 g/mol. The van der Waals surface area contributed by atoms with Gasteiger partial charge in [0.05, 0.1) is 6.61 Å². The number of hydrogen-bond donors (Lipinski definition) is 2. The molecular weight excluding hydrogens is 324 g/mol. The van der Waals surface area contributed by atoms with Crippen LogP contribution in [0.1, 0.15) is 16.2 Å². The van der Waals surface area contributed by atoms with Crippen LogP contribution in [0.2, 0.25) is 0 Å². The molecule has 0 bridgehead atoms. The van der Waals surface area contributed by atoms with Crippen LogP contribution in [-0.2, 0) is 4.74 Å². The van der Waals surface area contributed by atoms with E-state index in [2.05, 4.69) is 20.6 Å². The van der Waals surface area contributed by atoms with E-state index in [-0.39, 0.29) is 11.6 Å². The van der Waals surface area contributed by atoms with Crippen molar-refractivity contribution in [1.29, 1.82) is 0 Å². The lowest BCUT2D eigenvalue weighted by Gasteiger charge is -2.19. The van der Waals surface area contributed by atoms with E-state index in [0.717, 1.165) is 0 Å². The Balaban J connectivity index is 1.72. The van der Waals surface area contributed by atoms with Crippen molar-refractivity contribution in [2.45, 2.75) is 6.92 Å². The lowest BCUT2D eigenvalue weighted by molar-refractivity contribution is 0.102. The summed E-state index contributed by atoms with van der Waals surface area (Å²) in [6, 6.07) is 6.90. The van der Waals surface area contributed by atoms with Gasteiger partial charge in [-0.05, 0) is 25.1 Å². The first-order valence-corrected chi connectivity index (χ1v) is 7.95. The highest BCUT2D eigenvalue weighted by Gasteiger charge is 2.15. The highest BCUT2D eigenvalue weighted by Crippen LogP contribution is 2.32. The van der Waals surface area contributed by atoms with Gasteiger partial charge < -0.3 is 24.8 Å². The number of ether oxygens (including phenoxy) is 3. The summed E-state index contributed by atoms with van der Waals surface area (Å²) in [5.41, 5.74) is 1.59. The van der Waals surface area contributed by atoms with Gasteiger partial charge in [-0.3, -0.25) is 4.79 Å². The molecule has 8 nitrogen and oxygen atoms in total. The molecule has 8 heteroatoms. The number of nitrogens with one attached hydrogen (secondary N) is 2. The van der Waals surface area contributed by atoms with Crippen molar-refractivity contribution >= 4 is 17.5 Å². The molecule has 1 amide bonds. The molecule has 3 rings (SSSR count). The van der Waals surface area contributed by atoms with Crippen molar-refractivity contribution in [2.75, 3.05) is 44.1 Å². The molecule has 0 spiro atoms. The van der Waals surface area contributed by atoms with E-state index in [9.17, 15) is 4.79 Å². The first-order chi connectivity index (χ1) is 12.2. The smallest absolute Gasteiger partial charge is 0.274 e. The van der Waals surface area contributed by atoms with Crippen molar-refractivity contribution < 1.29 is 19.0 Å². The molecule has 0 radical (unpaired) electrons. The molecule has 0 aliphatic carbocycles. The van der Waals surface area contributed by atoms with E-state index >= 15 is 0 Å². The fraction of sp³-hybridized carbons (Fsp3) is 0.353. The first kappa shape index (κ1) is 17.0. The molecule has 1 aliphatic rings. The van der Waals surface area contributed by atoms with Crippen molar-refractivity contribution in [1.82, 2.24) is 9.97 Å². The Labute approximate surface area is 145 Å². The minimum atomic E-state index is -0.322. The van der Waals surface area contributed by atoms with E-state index in [1.807, 2.05) is 6.92 Å². The van der Waals surface area contributed by atoms with E-state index in [1.165, 1.54) is 0 Å².